The van der Waals surface area contributed by atoms with Crippen molar-refractivity contribution in [2.75, 3.05) is 19.6 Å². The summed E-state index contributed by atoms with van der Waals surface area (Å²) in [5, 5.41) is 3.93. The first kappa shape index (κ1) is 16.3. The van der Waals surface area contributed by atoms with E-state index in [0.717, 1.165) is 31.2 Å². The van der Waals surface area contributed by atoms with Gasteiger partial charge in [0.05, 0.1) is 16.8 Å². The van der Waals surface area contributed by atoms with Crippen LogP contribution < -0.4 is 10.9 Å². The van der Waals surface area contributed by atoms with Gasteiger partial charge in [-0.25, -0.2) is 9.97 Å². The zero-order chi connectivity index (χ0) is 17.4. The number of hydrogen-bond donors (Lipinski definition) is 1. The van der Waals surface area contributed by atoms with Crippen LogP contribution in [0.4, 0.5) is 0 Å². The fourth-order valence-corrected chi connectivity index (χ4v) is 3.46. The molecule has 1 aliphatic heterocycles. The third-order valence-corrected chi connectivity index (χ3v) is 4.78. The number of nitrogens with zero attached hydrogens (tertiary/aromatic N) is 5. The van der Waals surface area contributed by atoms with Crippen molar-refractivity contribution in [3.8, 4) is 0 Å². The van der Waals surface area contributed by atoms with Crippen LogP contribution in [-0.4, -0.2) is 43.5 Å². The molecule has 0 aromatic carbocycles. The van der Waals surface area contributed by atoms with Gasteiger partial charge in [-0.05, 0) is 12.1 Å². The highest BCUT2D eigenvalue weighted by atomic mass is 35.5. The predicted octanol–water partition coefficient (Wildman–Crippen LogP) is 1.23. The molecule has 1 fully saturated rings. The molecule has 1 atom stereocenters. The number of fused-ring (bicyclic) bond motifs is 1. The van der Waals surface area contributed by atoms with E-state index < -0.39 is 0 Å². The Morgan fingerprint density at radius 3 is 3.08 bits per heavy atom. The van der Waals surface area contributed by atoms with Crippen LogP contribution in [-0.2, 0) is 13.6 Å². The average Bonchev–Trinajstić information content (AvgIpc) is 3.02. The van der Waals surface area contributed by atoms with Crippen molar-refractivity contribution in [1.29, 1.82) is 0 Å². The number of hydrogen-bond acceptors (Lipinski definition) is 5. The molecule has 0 radical (unpaired) electrons. The Labute approximate surface area is 149 Å². The van der Waals surface area contributed by atoms with Crippen molar-refractivity contribution >= 4 is 17.2 Å². The second-order valence-electron chi connectivity index (χ2n) is 6.25. The standard InChI is InChI=1S/C17H19ClN6O/c1-22-6-5-20-17(22)14-9-19-4-7-23(14)11-13-8-16(25)24-10-12(18)2-3-15(24)21-13/h2-3,5-6,8,10,14,19H,4,7,9,11H2,1H3. The first-order chi connectivity index (χ1) is 12.1. The average molecular weight is 359 g/mol. The molecule has 4 rings (SSSR count). The minimum atomic E-state index is -0.119. The van der Waals surface area contributed by atoms with E-state index in [1.807, 2.05) is 24.0 Å². The van der Waals surface area contributed by atoms with Crippen LogP contribution in [0.1, 0.15) is 17.6 Å². The SMILES string of the molecule is Cn1ccnc1C1CNCCN1Cc1cc(=O)n2cc(Cl)ccc2n1. The highest BCUT2D eigenvalue weighted by Crippen LogP contribution is 2.22. The van der Waals surface area contributed by atoms with E-state index in [1.165, 1.54) is 4.40 Å². The first-order valence-electron chi connectivity index (χ1n) is 8.21. The van der Waals surface area contributed by atoms with E-state index >= 15 is 0 Å². The van der Waals surface area contributed by atoms with E-state index in [1.54, 1.807) is 24.4 Å². The zero-order valence-corrected chi connectivity index (χ0v) is 14.6. The van der Waals surface area contributed by atoms with Crippen molar-refractivity contribution in [3.63, 3.8) is 0 Å². The van der Waals surface area contributed by atoms with E-state index in [2.05, 4.69) is 20.2 Å². The number of nitrogens with one attached hydrogen (secondary N) is 1. The second kappa shape index (κ2) is 6.59. The molecule has 0 spiro atoms. The topological polar surface area (TPSA) is 67.5 Å². The van der Waals surface area contributed by atoms with Crippen LogP contribution in [0.5, 0.6) is 0 Å². The Bertz CT molecular complexity index is 965. The van der Waals surface area contributed by atoms with Crippen LogP contribution in [0.25, 0.3) is 5.65 Å². The molecule has 1 unspecified atom stereocenters. The lowest BCUT2D eigenvalue weighted by molar-refractivity contribution is 0.143. The summed E-state index contributed by atoms with van der Waals surface area (Å²) in [6.45, 7) is 3.21. The molecule has 1 N–H and O–H groups in total. The Morgan fingerprint density at radius 2 is 2.28 bits per heavy atom. The van der Waals surface area contributed by atoms with E-state index in [-0.39, 0.29) is 11.6 Å². The van der Waals surface area contributed by atoms with E-state index in [9.17, 15) is 4.79 Å². The smallest absolute Gasteiger partial charge is 0.258 e. The lowest BCUT2D eigenvalue weighted by Crippen LogP contribution is -2.46. The van der Waals surface area contributed by atoms with Crippen LogP contribution in [0, 0.1) is 0 Å². The summed E-state index contributed by atoms with van der Waals surface area (Å²) in [4.78, 5) is 23.8. The minimum absolute atomic E-state index is 0.119. The van der Waals surface area contributed by atoms with Gasteiger partial charge in [-0.3, -0.25) is 14.1 Å². The Morgan fingerprint density at radius 1 is 1.40 bits per heavy atom. The fourth-order valence-electron chi connectivity index (χ4n) is 3.30. The first-order valence-corrected chi connectivity index (χ1v) is 8.59. The lowest BCUT2D eigenvalue weighted by Gasteiger charge is -2.35. The largest absolute Gasteiger partial charge is 0.337 e. The molecule has 8 heteroatoms. The Hall–Kier alpha value is -2.22. The summed E-state index contributed by atoms with van der Waals surface area (Å²) >= 11 is 5.97. The second-order valence-corrected chi connectivity index (χ2v) is 6.68. The molecule has 0 saturated carbocycles. The molecule has 7 nitrogen and oxygen atoms in total. The van der Waals surface area contributed by atoms with E-state index in [4.69, 9.17) is 11.6 Å². The van der Waals surface area contributed by atoms with Gasteiger partial charge in [0, 0.05) is 57.9 Å². The van der Waals surface area contributed by atoms with Gasteiger partial charge in [-0.15, -0.1) is 0 Å². The number of pyridine rings is 1. The third kappa shape index (κ3) is 3.18. The summed E-state index contributed by atoms with van der Waals surface area (Å²) in [6.07, 6.45) is 5.36. The van der Waals surface area contributed by atoms with Crippen LogP contribution >= 0.6 is 11.6 Å². The Balaban J connectivity index is 1.66. The summed E-state index contributed by atoms with van der Waals surface area (Å²) in [5.74, 6) is 1.01. The van der Waals surface area contributed by atoms with Crippen LogP contribution in [0.2, 0.25) is 5.02 Å². The monoisotopic (exact) mass is 358 g/mol. The van der Waals surface area contributed by atoms with Gasteiger partial charge in [0.25, 0.3) is 5.56 Å². The van der Waals surface area contributed by atoms with Gasteiger partial charge in [0.15, 0.2) is 0 Å². The minimum Gasteiger partial charge on any atom is -0.337 e. The number of rotatable bonds is 3. The maximum Gasteiger partial charge on any atom is 0.258 e. The van der Waals surface area contributed by atoms with Crippen molar-refractivity contribution < 1.29 is 0 Å². The van der Waals surface area contributed by atoms with Gasteiger partial charge in [0.2, 0.25) is 0 Å². The van der Waals surface area contributed by atoms with Gasteiger partial charge >= 0.3 is 0 Å². The molecule has 25 heavy (non-hydrogen) atoms. The highest BCUT2D eigenvalue weighted by molar-refractivity contribution is 6.30. The molecule has 0 amide bonds. The normalized spacial score (nSPS) is 18.7. The lowest BCUT2D eigenvalue weighted by atomic mass is 10.1. The molecule has 4 heterocycles. The van der Waals surface area contributed by atoms with E-state index in [0.29, 0.717) is 17.2 Å². The van der Waals surface area contributed by atoms with Gasteiger partial charge in [-0.1, -0.05) is 11.6 Å². The highest BCUT2D eigenvalue weighted by Gasteiger charge is 2.27. The summed E-state index contributed by atoms with van der Waals surface area (Å²) in [7, 11) is 2.00. The molecular formula is C17H19ClN6O. The fraction of sp³-hybridized carbons (Fsp3) is 0.353. The molecule has 0 bridgehead atoms. The number of imidazole rings is 1. The third-order valence-electron chi connectivity index (χ3n) is 4.55. The predicted molar refractivity (Wildman–Crippen MR) is 95.7 cm³/mol. The molecule has 3 aromatic heterocycles. The van der Waals surface area contributed by atoms with Crippen molar-refractivity contribution in [2.24, 2.45) is 7.05 Å². The van der Waals surface area contributed by atoms with Crippen molar-refractivity contribution in [3.05, 3.63) is 63.7 Å². The molecule has 130 valence electrons. The van der Waals surface area contributed by atoms with Crippen LogP contribution in [0.3, 0.4) is 0 Å². The molecule has 1 saturated heterocycles. The summed E-state index contributed by atoms with van der Waals surface area (Å²) in [6, 6.07) is 5.25. The number of aromatic nitrogens is 4. The van der Waals surface area contributed by atoms with Gasteiger partial charge in [-0.2, -0.15) is 0 Å². The number of piperazine rings is 1. The molecule has 0 aliphatic carbocycles. The quantitative estimate of drug-likeness (QED) is 0.762. The van der Waals surface area contributed by atoms with Crippen molar-refractivity contribution in [1.82, 2.24) is 29.2 Å². The van der Waals surface area contributed by atoms with Gasteiger partial charge in [0.1, 0.15) is 11.5 Å². The summed E-state index contributed by atoms with van der Waals surface area (Å²) in [5.41, 5.74) is 1.25. The summed E-state index contributed by atoms with van der Waals surface area (Å²) < 4.78 is 3.51. The number of aryl methyl sites for hydroxylation is 1. The maximum atomic E-state index is 12.4. The maximum absolute atomic E-state index is 12.4. The van der Waals surface area contributed by atoms with Crippen molar-refractivity contribution in [2.45, 2.75) is 12.6 Å². The van der Waals surface area contributed by atoms with Gasteiger partial charge < -0.3 is 9.88 Å². The molecule has 1 aliphatic rings. The Kier molecular flexibility index (Phi) is 4.29. The zero-order valence-electron chi connectivity index (χ0n) is 13.9. The molecule has 3 aromatic rings. The molecular weight excluding hydrogens is 340 g/mol. The van der Waals surface area contributed by atoms with Crippen LogP contribution in [0.15, 0.2) is 41.6 Å². The number of halogens is 1.